The molecule has 0 radical (unpaired) electrons. The number of nitrogens with one attached hydrogen (secondary N) is 1. The van der Waals surface area contributed by atoms with Crippen molar-refractivity contribution in [2.45, 2.75) is 37.8 Å². The van der Waals surface area contributed by atoms with E-state index in [0.717, 1.165) is 32.8 Å². The molecule has 0 fully saturated rings. The zero-order valence-corrected chi connectivity index (χ0v) is 24.1. The van der Waals surface area contributed by atoms with Gasteiger partial charge < -0.3 is 24.8 Å². The third kappa shape index (κ3) is 6.18. The molecule has 0 aromatic heterocycles. The van der Waals surface area contributed by atoms with Crippen molar-refractivity contribution in [3.8, 4) is 28.4 Å². The predicted molar refractivity (Wildman–Crippen MR) is 160 cm³/mol. The molecule has 8 heteroatoms. The number of phenolic OH excluding ortho intramolecular Hbond substituents is 1. The van der Waals surface area contributed by atoms with Crippen LogP contribution in [0.25, 0.3) is 11.1 Å². The molecule has 0 atom stereocenters. The molecule has 0 aliphatic carbocycles. The summed E-state index contributed by atoms with van der Waals surface area (Å²) in [7, 11) is 3.27. The topological polar surface area (TPSA) is 71.0 Å². The first-order valence-electron chi connectivity index (χ1n) is 12.7. The van der Waals surface area contributed by atoms with E-state index in [1.165, 1.54) is 25.3 Å². The molecule has 1 aliphatic rings. The maximum Gasteiger partial charge on any atom is 0.251 e. The summed E-state index contributed by atoms with van der Waals surface area (Å²) in [4.78, 5) is 15.7. The van der Waals surface area contributed by atoms with Gasteiger partial charge in [-0.3, -0.25) is 4.79 Å². The summed E-state index contributed by atoms with van der Waals surface area (Å²) in [5.74, 6) is 0.512. The number of nitrogens with zero attached hydrogens (tertiary/aromatic N) is 1. The summed E-state index contributed by atoms with van der Waals surface area (Å²) in [6, 6.07) is 22.9. The van der Waals surface area contributed by atoms with Crippen LogP contribution in [0.5, 0.6) is 17.2 Å². The monoisotopic (exact) mass is 560 g/mol. The number of phenols is 1. The highest BCUT2D eigenvalue weighted by Gasteiger charge is 2.38. The number of halogens is 1. The van der Waals surface area contributed by atoms with E-state index < -0.39 is 5.54 Å². The second kappa shape index (κ2) is 11.9. The van der Waals surface area contributed by atoms with Crippen LogP contribution in [0, 0.1) is 12.7 Å². The number of fused-ring (bicyclic) bond motifs is 1. The van der Waals surface area contributed by atoms with Crippen molar-refractivity contribution < 1.29 is 23.8 Å². The number of thiol groups is 1. The van der Waals surface area contributed by atoms with Crippen LogP contribution in [0.15, 0.2) is 83.8 Å². The van der Waals surface area contributed by atoms with E-state index in [-0.39, 0.29) is 24.1 Å². The van der Waals surface area contributed by atoms with Crippen molar-refractivity contribution in [3.63, 3.8) is 0 Å². The van der Waals surface area contributed by atoms with Crippen molar-refractivity contribution in [3.05, 3.63) is 95.8 Å². The first-order chi connectivity index (χ1) is 19.0. The van der Waals surface area contributed by atoms with E-state index in [1.807, 2.05) is 63.2 Å². The lowest BCUT2D eigenvalue weighted by Crippen LogP contribution is -2.52. The molecule has 0 bridgehead atoms. The number of carbonyl (C=O) groups is 1. The van der Waals surface area contributed by atoms with Gasteiger partial charge in [-0.25, -0.2) is 4.39 Å². The molecule has 0 unspecified atom stereocenters. The average Bonchev–Trinajstić information content (AvgIpc) is 2.92. The maximum absolute atomic E-state index is 13.8. The number of hydrogen-bond donors (Lipinski definition) is 3. The van der Waals surface area contributed by atoms with Crippen LogP contribution in [0.4, 0.5) is 15.8 Å². The summed E-state index contributed by atoms with van der Waals surface area (Å²) in [6.07, 6.45) is 0. The van der Waals surface area contributed by atoms with E-state index in [1.54, 1.807) is 30.1 Å². The van der Waals surface area contributed by atoms with Gasteiger partial charge in [0.25, 0.3) is 5.91 Å². The quantitative estimate of drug-likeness (QED) is 0.225. The molecule has 4 aromatic rings. The Morgan fingerprint density at radius 1 is 0.975 bits per heavy atom. The third-order valence-electron chi connectivity index (χ3n) is 6.66. The van der Waals surface area contributed by atoms with Gasteiger partial charge in [-0.15, -0.1) is 12.6 Å². The Morgan fingerprint density at radius 3 is 2.33 bits per heavy atom. The summed E-state index contributed by atoms with van der Waals surface area (Å²) in [6.45, 7) is 5.60. The number of aryl methyl sites for hydroxylation is 1. The van der Waals surface area contributed by atoms with Crippen LogP contribution < -0.4 is 19.7 Å². The van der Waals surface area contributed by atoms with E-state index in [0.29, 0.717) is 17.2 Å². The van der Waals surface area contributed by atoms with Crippen molar-refractivity contribution in [1.82, 2.24) is 0 Å². The van der Waals surface area contributed by atoms with Crippen LogP contribution in [-0.4, -0.2) is 30.7 Å². The fourth-order valence-electron chi connectivity index (χ4n) is 4.64. The van der Waals surface area contributed by atoms with Gasteiger partial charge >= 0.3 is 0 Å². The van der Waals surface area contributed by atoms with Crippen molar-refractivity contribution >= 4 is 29.9 Å². The number of rotatable bonds is 5. The lowest BCUT2D eigenvalue weighted by atomic mass is 9.91. The highest BCUT2D eigenvalue weighted by molar-refractivity contribution is 7.80. The molecule has 1 aliphatic heterocycles. The number of benzene rings is 4. The summed E-state index contributed by atoms with van der Waals surface area (Å²) in [5.41, 5.74) is 3.75. The third-order valence-corrected chi connectivity index (χ3v) is 6.96. The van der Waals surface area contributed by atoms with Crippen LogP contribution in [0.1, 0.15) is 25.0 Å². The Labute approximate surface area is 239 Å². The van der Waals surface area contributed by atoms with Gasteiger partial charge in [-0.2, -0.15) is 0 Å². The van der Waals surface area contributed by atoms with Gasteiger partial charge in [0.2, 0.25) is 0 Å². The standard InChI is InChI=1S/C26H27FN2O4.C6H6S/c1-15-6-7-16(27)12-22(15)33-14-20-18(19-9-8-17(30)13-23(19)32-5)10-11-21-24(20)29(4)25(31)26(2,3)28-21;7-6-4-2-1-3-5-6/h6-13,28,30H,14H2,1-5H3;1-5,7H. The number of amides is 1. The summed E-state index contributed by atoms with van der Waals surface area (Å²) in [5, 5.41) is 13.2. The Hall–Kier alpha value is -4.17. The zero-order chi connectivity index (χ0) is 29.0. The molecule has 40 heavy (non-hydrogen) atoms. The van der Waals surface area contributed by atoms with Crippen LogP contribution in [0.3, 0.4) is 0 Å². The van der Waals surface area contributed by atoms with Gasteiger partial charge in [-0.05, 0) is 68.3 Å². The lowest BCUT2D eigenvalue weighted by Gasteiger charge is -2.39. The molecule has 208 valence electrons. The second-order valence-electron chi connectivity index (χ2n) is 10.0. The number of aromatic hydroxyl groups is 1. The minimum Gasteiger partial charge on any atom is -0.508 e. The largest absolute Gasteiger partial charge is 0.508 e. The van der Waals surface area contributed by atoms with E-state index in [4.69, 9.17) is 9.47 Å². The number of methoxy groups -OCH3 is 1. The van der Waals surface area contributed by atoms with Gasteiger partial charge in [0.05, 0.1) is 18.5 Å². The van der Waals surface area contributed by atoms with E-state index >= 15 is 0 Å². The van der Waals surface area contributed by atoms with Crippen molar-refractivity contribution in [2.75, 3.05) is 24.4 Å². The first-order valence-corrected chi connectivity index (χ1v) is 13.2. The highest BCUT2D eigenvalue weighted by atomic mass is 32.1. The molecule has 1 heterocycles. The van der Waals surface area contributed by atoms with Gasteiger partial charge in [0, 0.05) is 35.2 Å². The fourth-order valence-corrected chi connectivity index (χ4v) is 4.81. The molecule has 1 amide bonds. The van der Waals surface area contributed by atoms with E-state index in [2.05, 4.69) is 17.9 Å². The first kappa shape index (κ1) is 28.8. The normalized spacial score (nSPS) is 13.5. The molecule has 2 N–H and O–H groups in total. The molecular weight excluding hydrogens is 527 g/mol. The minimum absolute atomic E-state index is 0.0810. The Morgan fingerprint density at radius 2 is 1.68 bits per heavy atom. The van der Waals surface area contributed by atoms with Crippen molar-refractivity contribution in [1.29, 1.82) is 0 Å². The van der Waals surface area contributed by atoms with Crippen LogP contribution >= 0.6 is 12.6 Å². The Balaban J connectivity index is 0.000000461. The molecule has 4 aromatic carbocycles. The molecule has 6 nitrogen and oxygen atoms in total. The smallest absolute Gasteiger partial charge is 0.251 e. The number of ether oxygens (including phenoxy) is 2. The van der Waals surface area contributed by atoms with Gasteiger partial charge in [-0.1, -0.05) is 30.3 Å². The van der Waals surface area contributed by atoms with Crippen LogP contribution in [-0.2, 0) is 11.4 Å². The number of anilines is 2. The molecule has 0 saturated heterocycles. The number of carbonyl (C=O) groups excluding carboxylic acids is 1. The molecule has 5 rings (SSSR count). The molecular formula is C32H33FN2O4S. The Bertz CT molecular complexity index is 1530. The highest BCUT2D eigenvalue weighted by Crippen LogP contribution is 2.45. The second-order valence-corrected chi connectivity index (χ2v) is 10.5. The summed E-state index contributed by atoms with van der Waals surface area (Å²) < 4.78 is 25.4. The number of hydrogen-bond acceptors (Lipinski definition) is 6. The molecule has 0 saturated carbocycles. The zero-order valence-electron chi connectivity index (χ0n) is 23.2. The summed E-state index contributed by atoms with van der Waals surface area (Å²) >= 11 is 4.08. The van der Waals surface area contributed by atoms with Gasteiger partial charge in [0.1, 0.15) is 35.2 Å². The Kier molecular flexibility index (Phi) is 8.59. The number of likely N-dealkylation sites (N-methyl/N-ethyl adjacent to an activating group) is 1. The minimum atomic E-state index is -0.767. The van der Waals surface area contributed by atoms with Crippen molar-refractivity contribution in [2.24, 2.45) is 0 Å². The lowest BCUT2D eigenvalue weighted by molar-refractivity contribution is -0.121. The molecule has 0 spiro atoms. The predicted octanol–water partition coefficient (Wildman–Crippen LogP) is 7.24. The fraction of sp³-hybridized carbons (Fsp3) is 0.219. The van der Waals surface area contributed by atoms with Gasteiger partial charge in [0.15, 0.2) is 0 Å². The SMILES string of the molecule is COc1cc(O)ccc1-c1ccc2c(c1COc1cc(F)ccc1C)N(C)C(=O)C(C)(C)N2.Sc1ccccc1. The average molecular weight is 561 g/mol. The van der Waals surface area contributed by atoms with E-state index in [9.17, 15) is 14.3 Å². The van der Waals surface area contributed by atoms with Crippen LogP contribution in [0.2, 0.25) is 0 Å². The maximum atomic E-state index is 13.8.